The fourth-order valence-corrected chi connectivity index (χ4v) is 5.75. The number of sulfonamides is 1. The molecule has 0 unspecified atom stereocenters. The van der Waals surface area contributed by atoms with Gasteiger partial charge in [-0.05, 0) is 44.0 Å². The topological polar surface area (TPSA) is 149 Å². The van der Waals surface area contributed by atoms with Gasteiger partial charge in [0, 0.05) is 26.2 Å². The van der Waals surface area contributed by atoms with Crippen LogP contribution < -0.4 is 15.1 Å². The van der Waals surface area contributed by atoms with E-state index in [2.05, 4.69) is 24.8 Å². The number of imidazole rings is 1. The normalized spacial score (nSPS) is 14.9. The van der Waals surface area contributed by atoms with Crippen molar-refractivity contribution in [2.24, 2.45) is 0 Å². The molecule has 1 aromatic carbocycles. The number of nitrogens with zero attached hydrogens (tertiary/aromatic N) is 6. The minimum atomic E-state index is -3.78. The number of nitrogens with one attached hydrogen (secondary N) is 2. The maximum absolute atomic E-state index is 13.2. The van der Waals surface area contributed by atoms with Gasteiger partial charge in [0.25, 0.3) is 0 Å². The van der Waals surface area contributed by atoms with Crippen LogP contribution in [0.4, 0.5) is 0 Å². The van der Waals surface area contributed by atoms with Crippen LogP contribution in [0, 0.1) is 0 Å². The van der Waals surface area contributed by atoms with E-state index >= 15 is 0 Å². The lowest BCUT2D eigenvalue weighted by molar-refractivity contribution is 0.0376. The molecule has 0 radical (unpaired) electrons. The molecule has 5 rings (SSSR count). The summed E-state index contributed by atoms with van der Waals surface area (Å²) < 4.78 is 43.4. The Hall–Kier alpha value is -3.33. The number of aromatic amines is 1. The van der Waals surface area contributed by atoms with Crippen LogP contribution in [-0.4, -0.2) is 88.5 Å². The third-order valence-corrected chi connectivity index (χ3v) is 8.08. The zero-order valence-corrected chi connectivity index (χ0v) is 23.0. The smallest absolute Gasteiger partial charge is 0.336 e. The molecule has 1 aliphatic heterocycles. The number of aromatic nitrogens is 6. The van der Waals surface area contributed by atoms with E-state index in [9.17, 15) is 13.2 Å². The van der Waals surface area contributed by atoms with Crippen LogP contribution in [0.2, 0.25) is 0 Å². The SMILES string of the molecule is CCCOc1ccc(S(=O)(=O)NCCCN2CCOCC2)cc1-c1nc2c([nH]1)c1nncn1c(=O)n2CCC. The third-order valence-electron chi connectivity index (χ3n) is 6.62. The summed E-state index contributed by atoms with van der Waals surface area (Å²) in [6.07, 6.45) is 3.56. The first kappa shape index (κ1) is 27.2. The van der Waals surface area contributed by atoms with Crippen LogP contribution in [0.3, 0.4) is 0 Å². The third kappa shape index (κ3) is 5.69. The molecule has 4 heterocycles. The lowest BCUT2D eigenvalue weighted by atomic mass is 10.2. The minimum Gasteiger partial charge on any atom is -0.493 e. The van der Waals surface area contributed by atoms with Crippen LogP contribution in [0.25, 0.3) is 28.2 Å². The highest BCUT2D eigenvalue weighted by atomic mass is 32.2. The van der Waals surface area contributed by atoms with Gasteiger partial charge in [0.05, 0.1) is 30.3 Å². The van der Waals surface area contributed by atoms with E-state index in [1.807, 2.05) is 13.8 Å². The number of aryl methyl sites for hydroxylation is 1. The van der Waals surface area contributed by atoms with Gasteiger partial charge in [-0.1, -0.05) is 13.8 Å². The van der Waals surface area contributed by atoms with Crippen molar-refractivity contribution in [3.8, 4) is 17.1 Å². The highest BCUT2D eigenvalue weighted by molar-refractivity contribution is 7.89. The van der Waals surface area contributed by atoms with Crippen molar-refractivity contribution in [1.29, 1.82) is 0 Å². The Morgan fingerprint density at radius 3 is 2.72 bits per heavy atom. The number of morpholine rings is 1. The fourth-order valence-electron chi connectivity index (χ4n) is 4.65. The van der Waals surface area contributed by atoms with E-state index in [0.717, 1.165) is 32.5 Å². The molecule has 0 amide bonds. The number of H-pyrrole nitrogens is 1. The maximum atomic E-state index is 13.2. The molecule has 0 aliphatic carbocycles. The molecule has 2 N–H and O–H groups in total. The molecule has 13 nitrogen and oxygen atoms in total. The quantitative estimate of drug-likeness (QED) is 0.248. The van der Waals surface area contributed by atoms with Gasteiger partial charge in [0.15, 0.2) is 11.3 Å². The Balaban J connectivity index is 1.48. The first-order valence-corrected chi connectivity index (χ1v) is 14.8. The van der Waals surface area contributed by atoms with Crippen LogP contribution in [0.1, 0.15) is 33.1 Å². The first-order valence-electron chi connectivity index (χ1n) is 13.3. The highest BCUT2D eigenvalue weighted by Gasteiger charge is 2.22. The number of hydrogen-bond acceptors (Lipinski definition) is 9. The van der Waals surface area contributed by atoms with Gasteiger partial charge in [-0.2, -0.15) is 0 Å². The van der Waals surface area contributed by atoms with Crippen molar-refractivity contribution in [2.75, 3.05) is 46.0 Å². The van der Waals surface area contributed by atoms with Crippen LogP contribution in [-0.2, 0) is 21.3 Å². The van der Waals surface area contributed by atoms with E-state index in [1.165, 1.54) is 16.8 Å². The van der Waals surface area contributed by atoms with Crippen LogP contribution in [0.5, 0.6) is 5.75 Å². The average Bonchev–Trinajstić information content (AvgIpc) is 3.61. The van der Waals surface area contributed by atoms with Gasteiger partial charge in [0.2, 0.25) is 10.0 Å². The molecule has 1 saturated heterocycles. The monoisotopic (exact) mass is 558 g/mol. The summed E-state index contributed by atoms with van der Waals surface area (Å²) in [4.78, 5) is 23.4. The number of hydrogen-bond donors (Lipinski definition) is 2. The van der Waals surface area contributed by atoms with Crippen molar-refractivity contribution in [2.45, 2.75) is 44.6 Å². The molecule has 1 aliphatic rings. The van der Waals surface area contributed by atoms with Crippen molar-refractivity contribution in [3.05, 3.63) is 35.0 Å². The maximum Gasteiger partial charge on any atom is 0.336 e. The molecular weight excluding hydrogens is 524 g/mol. The lowest BCUT2D eigenvalue weighted by Gasteiger charge is -2.26. The number of ether oxygens (including phenoxy) is 2. The Bertz CT molecular complexity index is 1600. The molecule has 39 heavy (non-hydrogen) atoms. The summed E-state index contributed by atoms with van der Waals surface area (Å²) in [6.45, 7) is 9.13. The van der Waals surface area contributed by atoms with E-state index < -0.39 is 10.0 Å². The van der Waals surface area contributed by atoms with Crippen molar-refractivity contribution in [3.63, 3.8) is 0 Å². The van der Waals surface area contributed by atoms with Gasteiger partial charge >= 0.3 is 5.69 Å². The molecule has 210 valence electrons. The number of rotatable bonds is 12. The second-order valence-electron chi connectivity index (χ2n) is 9.45. The molecule has 0 spiro atoms. The number of fused-ring (bicyclic) bond motifs is 3. The highest BCUT2D eigenvalue weighted by Crippen LogP contribution is 2.32. The Kier molecular flexibility index (Phi) is 8.26. The Morgan fingerprint density at radius 1 is 1.13 bits per heavy atom. The molecule has 3 aromatic heterocycles. The lowest BCUT2D eigenvalue weighted by Crippen LogP contribution is -2.38. The van der Waals surface area contributed by atoms with E-state index in [0.29, 0.717) is 73.3 Å². The largest absolute Gasteiger partial charge is 0.493 e. The first-order chi connectivity index (χ1) is 18.9. The Morgan fingerprint density at radius 2 is 1.95 bits per heavy atom. The molecule has 1 fully saturated rings. The zero-order valence-electron chi connectivity index (χ0n) is 22.2. The van der Waals surface area contributed by atoms with Gasteiger partial charge in [-0.25, -0.2) is 27.3 Å². The van der Waals surface area contributed by atoms with E-state index in [-0.39, 0.29) is 10.6 Å². The van der Waals surface area contributed by atoms with Gasteiger partial charge in [-0.3, -0.25) is 9.47 Å². The van der Waals surface area contributed by atoms with Gasteiger partial charge < -0.3 is 14.5 Å². The molecule has 0 atom stereocenters. The summed E-state index contributed by atoms with van der Waals surface area (Å²) in [5, 5.41) is 8.00. The summed E-state index contributed by atoms with van der Waals surface area (Å²) >= 11 is 0. The second-order valence-corrected chi connectivity index (χ2v) is 11.2. The second kappa shape index (κ2) is 11.8. The van der Waals surface area contributed by atoms with Crippen LogP contribution in [0.15, 0.2) is 34.2 Å². The summed E-state index contributed by atoms with van der Waals surface area (Å²) in [7, 11) is -3.78. The van der Waals surface area contributed by atoms with Crippen molar-refractivity contribution < 1.29 is 17.9 Å². The number of benzene rings is 1. The van der Waals surface area contributed by atoms with Crippen molar-refractivity contribution >= 4 is 26.8 Å². The van der Waals surface area contributed by atoms with E-state index in [4.69, 9.17) is 14.5 Å². The van der Waals surface area contributed by atoms with Crippen molar-refractivity contribution in [1.82, 2.24) is 38.8 Å². The molecular formula is C25H34N8O5S. The summed E-state index contributed by atoms with van der Waals surface area (Å²) in [5.41, 5.74) is 1.49. The standard InChI is InChI=1S/C25H34N8O5S/c1-3-9-32-23-21(24-30-26-17-33(24)25(32)34)28-22(29-23)19-16-18(6-7-20(19)38-13-4-2)39(35,36)27-8-5-10-31-11-14-37-15-12-31/h6-7,16-17,27H,3-5,8-15H2,1-2H3,(H,28,29). The Labute approximate surface area is 226 Å². The fraction of sp³-hybridized carbons (Fsp3) is 0.520. The summed E-state index contributed by atoms with van der Waals surface area (Å²) in [5.74, 6) is 0.866. The predicted molar refractivity (Wildman–Crippen MR) is 145 cm³/mol. The predicted octanol–water partition coefficient (Wildman–Crippen LogP) is 1.63. The summed E-state index contributed by atoms with van der Waals surface area (Å²) in [6, 6.07) is 4.73. The van der Waals surface area contributed by atoms with Crippen LogP contribution >= 0.6 is 0 Å². The molecule has 0 saturated carbocycles. The molecule has 4 aromatic rings. The average molecular weight is 559 g/mol. The van der Waals surface area contributed by atoms with E-state index in [1.54, 1.807) is 16.7 Å². The molecule has 14 heteroatoms. The minimum absolute atomic E-state index is 0.103. The van der Waals surface area contributed by atoms with Gasteiger partial charge in [0.1, 0.15) is 23.4 Å². The van der Waals surface area contributed by atoms with Gasteiger partial charge in [-0.15, -0.1) is 10.2 Å². The molecule has 0 bridgehead atoms. The zero-order chi connectivity index (χ0) is 27.4.